The molecule has 0 aromatic heterocycles. The van der Waals surface area contributed by atoms with Gasteiger partial charge < -0.3 is 10.0 Å². The van der Waals surface area contributed by atoms with Crippen molar-refractivity contribution < 1.29 is 14.7 Å². The summed E-state index contributed by atoms with van der Waals surface area (Å²) < 4.78 is 0. The Hall–Kier alpha value is -0.710. The molecule has 1 amide bonds. The number of rotatable bonds is 6. The maximum atomic E-state index is 12.3. The topological polar surface area (TPSA) is 57.6 Å². The molecule has 1 N–H and O–H groups in total. The summed E-state index contributed by atoms with van der Waals surface area (Å²) in [7, 11) is 0. The molecule has 0 aliphatic heterocycles. The van der Waals surface area contributed by atoms with Crippen LogP contribution in [0.25, 0.3) is 0 Å². The number of aliphatic carboxylic acids is 1. The van der Waals surface area contributed by atoms with Crippen molar-refractivity contribution in [3.8, 4) is 0 Å². The molecular formula is C13H23NO3S. The smallest absolute Gasteiger partial charge is 0.323 e. The first-order valence-electron chi connectivity index (χ1n) is 6.54. The van der Waals surface area contributed by atoms with Gasteiger partial charge in [0, 0.05) is 18.2 Å². The Kier molecular flexibility index (Phi) is 6.54. The van der Waals surface area contributed by atoms with E-state index in [1.165, 1.54) is 11.3 Å². The third-order valence-corrected chi connectivity index (χ3v) is 4.08. The standard InChI is InChI=1S/C13H23NO3S/c1-10-4-3-5-11(8-10)13(17)14(6-7-18-2)9-12(15)16/h10-11H,3-9H2,1-2H3,(H,15,16). The Bertz CT molecular complexity index is 296. The van der Waals surface area contributed by atoms with Gasteiger partial charge in [-0.05, 0) is 25.0 Å². The largest absolute Gasteiger partial charge is 0.480 e. The fourth-order valence-electron chi connectivity index (χ4n) is 2.55. The van der Waals surface area contributed by atoms with Crippen molar-refractivity contribution in [1.29, 1.82) is 0 Å². The summed E-state index contributed by atoms with van der Waals surface area (Å²) in [5.41, 5.74) is 0. The molecule has 104 valence electrons. The Morgan fingerprint density at radius 2 is 2.11 bits per heavy atom. The van der Waals surface area contributed by atoms with Crippen molar-refractivity contribution in [1.82, 2.24) is 4.90 Å². The molecule has 0 aromatic rings. The van der Waals surface area contributed by atoms with E-state index in [1.807, 2.05) is 6.26 Å². The lowest BCUT2D eigenvalue weighted by molar-refractivity contribution is -0.146. The lowest BCUT2D eigenvalue weighted by Gasteiger charge is -2.30. The van der Waals surface area contributed by atoms with Crippen LogP contribution >= 0.6 is 11.8 Å². The van der Waals surface area contributed by atoms with Crippen LogP contribution in [-0.4, -0.2) is 47.0 Å². The highest BCUT2D eigenvalue weighted by atomic mass is 32.2. The summed E-state index contributed by atoms with van der Waals surface area (Å²) in [6, 6.07) is 0. The average molecular weight is 273 g/mol. The van der Waals surface area contributed by atoms with E-state index < -0.39 is 5.97 Å². The molecular weight excluding hydrogens is 250 g/mol. The van der Waals surface area contributed by atoms with Crippen LogP contribution in [0.15, 0.2) is 0 Å². The first-order valence-corrected chi connectivity index (χ1v) is 7.93. The monoisotopic (exact) mass is 273 g/mol. The zero-order valence-electron chi connectivity index (χ0n) is 11.2. The van der Waals surface area contributed by atoms with Gasteiger partial charge in [-0.3, -0.25) is 9.59 Å². The fourth-order valence-corrected chi connectivity index (χ4v) is 2.95. The second-order valence-corrected chi connectivity index (χ2v) is 6.10. The third kappa shape index (κ3) is 4.88. The normalized spacial score (nSPS) is 23.7. The van der Waals surface area contributed by atoms with Gasteiger partial charge >= 0.3 is 5.97 Å². The highest BCUT2D eigenvalue weighted by Gasteiger charge is 2.29. The van der Waals surface area contributed by atoms with Crippen LogP contribution in [-0.2, 0) is 9.59 Å². The molecule has 0 bridgehead atoms. The summed E-state index contributed by atoms with van der Waals surface area (Å²) >= 11 is 1.63. The first kappa shape index (κ1) is 15.3. The molecule has 1 aliphatic carbocycles. The van der Waals surface area contributed by atoms with Crippen LogP contribution < -0.4 is 0 Å². The van der Waals surface area contributed by atoms with E-state index in [4.69, 9.17) is 5.11 Å². The highest BCUT2D eigenvalue weighted by molar-refractivity contribution is 7.98. The average Bonchev–Trinajstić information content (AvgIpc) is 2.33. The molecule has 1 fully saturated rings. The maximum Gasteiger partial charge on any atom is 0.323 e. The quantitative estimate of drug-likeness (QED) is 0.805. The molecule has 1 rings (SSSR count). The molecule has 5 heteroatoms. The van der Waals surface area contributed by atoms with Gasteiger partial charge in [-0.2, -0.15) is 11.8 Å². The fraction of sp³-hybridized carbons (Fsp3) is 0.846. The molecule has 18 heavy (non-hydrogen) atoms. The highest BCUT2D eigenvalue weighted by Crippen LogP contribution is 2.29. The Morgan fingerprint density at radius 1 is 1.39 bits per heavy atom. The molecule has 1 saturated carbocycles. The number of thioether (sulfide) groups is 1. The van der Waals surface area contributed by atoms with Crippen LogP contribution in [0.3, 0.4) is 0 Å². The van der Waals surface area contributed by atoms with Gasteiger partial charge in [0.1, 0.15) is 6.54 Å². The predicted octanol–water partition coefficient (Wildman–Crippen LogP) is 2.09. The van der Waals surface area contributed by atoms with Crippen LogP contribution in [0.5, 0.6) is 0 Å². The zero-order valence-corrected chi connectivity index (χ0v) is 12.0. The summed E-state index contributed by atoms with van der Waals surface area (Å²) in [6.45, 7) is 2.55. The van der Waals surface area contributed by atoms with Gasteiger partial charge in [0.2, 0.25) is 5.91 Å². The summed E-state index contributed by atoms with van der Waals surface area (Å²) in [4.78, 5) is 24.7. The van der Waals surface area contributed by atoms with E-state index >= 15 is 0 Å². The summed E-state index contributed by atoms with van der Waals surface area (Å²) in [6.07, 6.45) is 6.06. The summed E-state index contributed by atoms with van der Waals surface area (Å²) in [5, 5.41) is 8.88. The number of nitrogens with zero attached hydrogens (tertiary/aromatic N) is 1. The lowest BCUT2D eigenvalue weighted by Crippen LogP contribution is -2.42. The number of carbonyl (C=O) groups is 2. The van der Waals surface area contributed by atoms with E-state index in [9.17, 15) is 9.59 Å². The van der Waals surface area contributed by atoms with Crippen LogP contribution in [0.4, 0.5) is 0 Å². The zero-order chi connectivity index (χ0) is 13.5. The molecule has 0 saturated heterocycles. The van der Waals surface area contributed by atoms with Gasteiger partial charge in [0.15, 0.2) is 0 Å². The third-order valence-electron chi connectivity index (χ3n) is 3.49. The number of carboxylic acids is 1. The maximum absolute atomic E-state index is 12.3. The van der Waals surface area contributed by atoms with Gasteiger partial charge in [0.05, 0.1) is 0 Å². The minimum Gasteiger partial charge on any atom is -0.480 e. The van der Waals surface area contributed by atoms with Gasteiger partial charge in [-0.1, -0.05) is 19.8 Å². The molecule has 2 atom stereocenters. The molecule has 0 heterocycles. The van der Waals surface area contributed by atoms with E-state index in [1.54, 1.807) is 11.8 Å². The number of amides is 1. The van der Waals surface area contributed by atoms with Crippen LogP contribution in [0.2, 0.25) is 0 Å². The number of carbonyl (C=O) groups excluding carboxylic acids is 1. The lowest BCUT2D eigenvalue weighted by atomic mass is 9.82. The molecule has 0 radical (unpaired) electrons. The number of carboxylic acid groups (broad SMARTS) is 1. The second kappa shape index (κ2) is 7.67. The SMILES string of the molecule is CSCCN(CC(=O)O)C(=O)C1CCCC(C)C1. The molecule has 4 nitrogen and oxygen atoms in total. The molecule has 0 spiro atoms. The molecule has 0 aromatic carbocycles. The minimum absolute atomic E-state index is 0.0370. The van der Waals surface area contributed by atoms with Gasteiger partial charge in [-0.25, -0.2) is 0 Å². The number of hydrogen-bond acceptors (Lipinski definition) is 3. The van der Waals surface area contributed by atoms with Crippen LogP contribution in [0, 0.1) is 11.8 Å². The van der Waals surface area contributed by atoms with Crippen molar-refractivity contribution >= 4 is 23.6 Å². The van der Waals surface area contributed by atoms with E-state index in [0.717, 1.165) is 25.0 Å². The Labute approximate surface area is 113 Å². The van der Waals surface area contributed by atoms with E-state index in [-0.39, 0.29) is 18.4 Å². The number of hydrogen-bond donors (Lipinski definition) is 1. The van der Waals surface area contributed by atoms with Crippen molar-refractivity contribution in [2.24, 2.45) is 11.8 Å². The van der Waals surface area contributed by atoms with E-state index in [0.29, 0.717) is 12.5 Å². The van der Waals surface area contributed by atoms with Crippen molar-refractivity contribution in [3.63, 3.8) is 0 Å². The van der Waals surface area contributed by atoms with Crippen molar-refractivity contribution in [2.75, 3.05) is 25.1 Å². The van der Waals surface area contributed by atoms with Crippen molar-refractivity contribution in [2.45, 2.75) is 32.6 Å². The van der Waals surface area contributed by atoms with Gasteiger partial charge in [0.25, 0.3) is 0 Å². The molecule has 2 unspecified atom stereocenters. The minimum atomic E-state index is -0.923. The Balaban J connectivity index is 2.58. The van der Waals surface area contributed by atoms with Crippen molar-refractivity contribution in [3.05, 3.63) is 0 Å². The molecule has 1 aliphatic rings. The van der Waals surface area contributed by atoms with Crippen LogP contribution in [0.1, 0.15) is 32.6 Å². The van der Waals surface area contributed by atoms with Gasteiger partial charge in [-0.15, -0.1) is 0 Å². The summed E-state index contributed by atoms with van der Waals surface area (Å²) in [5.74, 6) is 0.530. The van der Waals surface area contributed by atoms with E-state index in [2.05, 4.69) is 6.92 Å². The predicted molar refractivity (Wildman–Crippen MR) is 73.7 cm³/mol. The second-order valence-electron chi connectivity index (χ2n) is 5.12. The first-order chi connectivity index (χ1) is 8.54. The Morgan fingerprint density at radius 3 is 2.67 bits per heavy atom.